The van der Waals surface area contributed by atoms with Gasteiger partial charge in [-0.1, -0.05) is 35.9 Å². The number of piperazine rings is 1. The van der Waals surface area contributed by atoms with E-state index in [0.29, 0.717) is 24.7 Å². The highest BCUT2D eigenvalue weighted by Gasteiger charge is 2.29. The van der Waals surface area contributed by atoms with E-state index in [-0.39, 0.29) is 36.3 Å². The maximum absolute atomic E-state index is 13.8. The standard InChI is InChI=1S/C18H17ClF2N2O.ClH/c19-15-4-2-1-3-14(15)17-11-22-7-8-23(17)18(24)9-12-5-6-13(20)10-16(12)21;/h1-6,10,17,22H,7-9,11H2;1H. The quantitative estimate of drug-likeness (QED) is 0.870. The van der Waals surface area contributed by atoms with Crippen LogP contribution in [0, 0.1) is 11.6 Å². The second-order valence-electron chi connectivity index (χ2n) is 5.74. The Bertz CT molecular complexity index is 758. The van der Waals surface area contributed by atoms with Crippen LogP contribution in [0.25, 0.3) is 0 Å². The largest absolute Gasteiger partial charge is 0.333 e. The zero-order valence-corrected chi connectivity index (χ0v) is 14.9. The molecule has 1 amide bonds. The number of nitrogens with zero attached hydrogens (tertiary/aromatic N) is 1. The minimum Gasteiger partial charge on any atom is -0.333 e. The topological polar surface area (TPSA) is 32.3 Å². The van der Waals surface area contributed by atoms with Gasteiger partial charge in [0.2, 0.25) is 5.91 Å². The second kappa shape index (κ2) is 8.61. The number of benzene rings is 2. The third-order valence-electron chi connectivity index (χ3n) is 4.18. The van der Waals surface area contributed by atoms with Crippen molar-refractivity contribution in [1.82, 2.24) is 10.2 Å². The Balaban J connectivity index is 0.00000225. The Morgan fingerprint density at radius 3 is 2.72 bits per heavy atom. The van der Waals surface area contributed by atoms with Crippen LogP contribution in [0.1, 0.15) is 17.2 Å². The van der Waals surface area contributed by atoms with E-state index in [9.17, 15) is 13.6 Å². The number of carbonyl (C=O) groups is 1. The van der Waals surface area contributed by atoms with Crippen molar-refractivity contribution in [3.63, 3.8) is 0 Å². The SMILES string of the molecule is Cl.O=C(Cc1ccc(F)cc1F)N1CCNCC1c1ccccc1Cl. The van der Waals surface area contributed by atoms with Crippen LogP contribution >= 0.6 is 24.0 Å². The molecule has 0 aliphatic carbocycles. The van der Waals surface area contributed by atoms with Gasteiger partial charge in [0.25, 0.3) is 0 Å². The van der Waals surface area contributed by atoms with Gasteiger partial charge in [-0.2, -0.15) is 0 Å². The molecule has 2 aromatic carbocycles. The van der Waals surface area contributed by atoms with Crippen molar-refractivity contribution < 1.29 is 13.6 Å². The van der Waals surface area contributed by atoms with Crippen LogP contribution in [0.15, 0.2) is 42.5 Å². The molecule has 1 unspecified atom stereocenters. The van der Waals surface area contributed by atoms with Gasteiger partial charge in [0.15, 0.2) is 0 Å². The van der Waals surface area contributed by atoms with E-state index in [1.807, 2.05) is 18.2 Å². The number of amides is 1. The third-order valence-corrected chi connectivity index (χ3v) is 4.53. The number of hydrogen-bond acceptors (Lipinski definition) is 2. The summed E-state index contributed by atoms with van der Waals surface area (Å²) in [5, 5.41) is 3.85. The lowest BCUT2D eigenvalue weighted by atomic mass is 10.0. The van der Waals surface area contributed by atoms with E-state index >= 15 is 0 Å². The molecule has 1 aliphatic heterocycles. The average Bonchev–Trinajstić information content (AvgIpc) is 2.58. The van der Waals surface area contributed by atoms with Crippen molar-refractivity contribution in [3.8, 4) is 0 Å². The molecule has 1 atom stereocenters. The van der Waals surface area contributed by atoms with E-state index in [2.05, 4.69) is 5.32 Å². The summed E-state index contributed by atoms with van der Waals surface area (Å²) in [5.41, 5.74) is 1.05. The third kappa shape index (κ3) is 4.48. The van der Waals surface area contributed by atoms with Crippen LogP contribution in [0.4, 0.5) is 8.78 Å². The van der Waals surface area contributed by atoms with Gasteiger partial charge in [-0.25, -0.2) is 8.78 Å². The zero-order chi connectivity index (χ0) is 17.1. The molecule has 1 heterocycles. The summed E-state index contributed by atoms with van der Waals surface area (Å²) in [6.45, 7) is 1.76. The van der Waals surface area contributed by atoms with E-state index in [1.54, 1.807) is 11.0 Å². The van der Waals surface area contributed by atoms with Crippen LogP contribution in [0.3, 0.4) is 0 Å². The molecule has 1 saturated heterocycles. The highest BCUT2D eigenvalue weighted by molar-refractivity contribution is 6.31. The highest BCUT2D eigenvalue weighted by Crippen LogP contribution is 2.29. The Morgan fingerprint density at radius 1 is 1.24 bits per heavy atom. The normalized spacial score (nSPS) is 17.1. The van der Waals surface area contributed by atoms with E-state index in [1.165, 1.54) is 6.07 Å². The second-order valence-corrected chi connectivity index (χ2v) is 6.15. The van der Waals surface area contributed by atoms with Crippen molar-refractivity contribution in [1.29, 1.82) is 0 Å². The smallest absolute Gasteiger partial charge is 0.227 e. The number of hydrogen-bond donors (Lipinski definition) is 1. The van der Waals surface area contributed by atoms with E-state index in [4.69, 9.17) is 11.6 Å². The summed E-state index contributed by atoms with van der Waals surface area (Å²) < 4.78 is 26.8. The molecule has 0 spiro atoms. The molecule has 0 aromatic heterocycles. The molecule has 25 heavy (non-hydrogen) atoms. The summed E-state index contributed by atoms with van der Waals surface area (Å²) in [6, 6.07) is 10.5. The number of rotatable bonds is 3. The van der Waals surface area contributed by atoms with Crippen molar-refractivity contribution in [2.45, 2.75) is 12.5 Å². The van der Waals surface area contributed by atoms with Gasteiger partial charge < -0.3 is 10.2 Å². The fraction of sp³-hybridized carbons (Fsp3) is 0.278. The van der Waals surface area contributed by atoms with Crippen molar-refractivity contribution in [2.24, 2.45) is 0 Å². The summed E-state index contributed by atoms with van der Waals surface area (Å²) in [5.74, 6) is -1.56. The average molecular weight is 387 g/mol. The van der Waals surface area contributed by atoms with Gasteiger partial charge in [0, 0.05) is 30.7 Å². The molecule has 1 aliphatic rings. The van der Waals surface area contributed by atoms with Gasteiger partial charge in [-0.15, -0.1) is 12.4 Å². The predicted molar refractivity (Wildman–Crippen MR) is 96.1 cm³/mol. The van der Waals surface area contributed by atoms with Crippen LogP contribution in [-0.2, 0) is 11.2 Å². The molecular weight excluding hydrogens is 369 g/mol. The molecule has 134 valence electrons. The summed E-state index contributed by atoms with van der Waals surface area (Å²) in [7, 11) is 0. The number of carbonyl (C=O) groups excluding carboxylic acids is 1. The van der Waals surface area contributed by atoms with Crippen LogP contribution in [0.5, 0.6) is 0 Å². The Morgan fingerprint density at radius 2 is 2.00 bits per heavy atom. The summed E-state index contributed by atoms with van der Waals surface area (Å²) in [4.78, 5) is 14.4. The first-order valence-corrected chi connectivity index (χ1v) is 8.12. The molecule has 7 heteroatoms. The Kier molecular flexibility index (Phi) is 6.76. The van der Waals surface area contributed by atoms with Crippen LogP contribution < -0.4 is 5.32 Å². The molecule has 2 aromatic rings. The van der Waals surface area contributed by atoms with Crippen LogP contribution in [0.2, 0.25) is 5.02 Å². The minimum atomic E-state index is -0.701. The Hall–Kier alpha value is -1.69. The van der Waals surface area contributed by atoms with E-state index < -0.39 is 11.6 Å². The predicted octanol–water partition coefficient (Wildman–Crippen LogP) is 3.76. The maximum Gasteiger partial charge on any atom is 0.227 e. The first kappa shape index (κ1) is 19.6. The van der Waals surface area contributed by atoms with Crippen LogP contribution in [-0.4, -0.2) is 30.4 Å². The van der Waals surface area contributed by atoms with Crippen molar-refractivity contribution in [2.75, 3.05) is 19.6 Å². The van der Waals surface area contributed by atoms with Crippen molar-refractivity contribution in [3.05, 3.63) is 70.2 Å². The lowest BCUT2D eigenvalue weighted by molar-refractivity contribution is -0.133. The van der Waals surface area contributed by atoms with Gasteiger partial charge >= 0.3 is 0 Å². The molecule has 1 fully saturated rings. The van der Waals surface area contributed by atoms with Gasteiger partial charge in [0.1, 0.15) is 11.6 Å². The molecule has 1 N–H and O–H groups in total. The lowest BCUT2D eigenvalue weighted by Gasteiger charge is -2.37. The highest BCUT2D eigenvalue weighted by atomic mass is 35.5. The minimum absolute atomic E-state index is 0. The van der Waals surface area contributed by atoms with E-state index in [0.717, 1.165) is 17.7 Å². The monoisotopic (exact) mass is 386 g/mol. The first-order valence-electron chi connectivity index (χ1n) is 7.75. The van der Waals surface area contributed by atoms with Gasteiger partial charge in [-0.3, -0.25) is 4.79 Å². The first-order chi connectivity index (χ1) is 11.6. The van der Waals surface area contributed by atoms with Crippen molar-refractivity contribution >= 4 is 29.9 Å². The number of nitrogens with one attached hydrogen (secondary N) is 1. The molecule has 0 bridgehead atoms. The maximum atomic E-state index is 13.8. The fourth-order valence-corrected chi connectivity index (χ4v) is 3.22. The molecule has 3 rings (SSSR count). The fourth-order valence-electron chi connectivity index (χ4n) is 2.96. The summed E-state index contributed by atoms with van der Waals surface area (Å²) in [6.07, 6.45) is -0.104. The van der Waals surface area contributed by atoms with Gasteiger partial charge in [0.05, 0.1) is 12.5 Å². The number of halogens is 4. The summed E-state index contributed by atoms with van der Waals surface area (Å²) >= 11 is 6.26. The molecule has 0 radical (unpaired) electrons. The van der Waals surface area contributed by atoms with Gasteiger partial charge in [-0.05, 0) is 23.3 Å². The Labute approximate surface area is 156 Å². The zero-order valence-electron chi connectivity index (χ0n) is 13.3. The lowest BCUT2D eigenvalue weighted by Crippen LogP contribution is -2.49. The molecular formula is C18H18Cl2F2N2O. The molecule has 3 nitrogen and oxygen atoms in total. The molecule has 0 saturated carbocycles.